The summed E-state index contributed by atoms with van der Waals surface area (Å²) < 4.78 is 13.6. The van der Waals surface area contributed by atoms with Gasteiger partial charge in [-0.3, -0.25) is 4.90 Å². The predicted molar refractivity (Wildman–Crippen MR) is 88.2 cm³/mol. The average molecular weight is 322 g/mol. The minimum atomic E-state index is -0.0456. The zero-order valence-electron chi connectivity index (χ0n) is 14.9. The molecular formula is C17H30N4O2. The van der Waals surface area contributed by atoms with E-state index in [1.165, 1.54) is 19.3 Å². The largest absolute Gasteiger partial charge is 0.381 e. The Morgan fingerprint density at radius 1 is 1.35 bits per heavy atom. The van der Waals surface area contributed by atoms with Crippen molar-refractivity contribution >= 4 is 0 Å². The summed E-state index contributed by atoms with van der Waals surface area (Å²) >= 11 is 0. The monoisotopic (exact) mass is 322 g/mol. The third-order valence-electron chi connectivity index (χ3n) is 5.18. The van der Waals surface area contributed by atoms with E-state index in [9.17, 15) is 0 Å². The summed E-state index contributed by atoms with van der Waals surface area (Å²) in [6.07, 6.45) is 5.69. The van der Waals surface area contributed by atoms with Crippen LogP contribution in [-0.4, -0.2) is 58.7 Å². The second kappa shape index (κ2) is 6.87. The second-order valence-electron chi connectivity index (χ2n) is 7.74. The van der Waals surface area contributed by atoms with Crippen molar-refractivity contribution in [2.45, 2.75) is 64.3 Å². The highest BCUT2D eigenvalue weighted by Gasteiger charge is 2.39. The lowest BCUT2D eigenvalue weighted by atomic mass is 9.94. The molecule has 0 amide bonds. The van der Waals surface area contributed by atoms with Gasteiger partial charge in [0.05, 0.1) is 31.4 Å². The topological polar surface area (TPSA) is 52.4 Å². The smallest absolute Gasteiger partial charge is 0.141 e. The van der Waals surface area contributed by atoms with E-state index in [1.54, 1.807) is 6.33 Å². The fourth-order valence-electron chi connectivity index (χ4n) is 4.05. The van der Waals surface area contributed by atoms with Crippen LogP contribution in [0.15, 0.2) is 6.33 Å². The lowest BCUT2D eigenvalue weighted by molar-refractivity contribution is -0.0622. The molecule has 1 aromatic heterocycles. The summed E-state index contributed by atoms with van der Waals surface area (Å²) in [4.78, 5) is 7.04. The van der Waals surface area contributed by atoms with Gasteiger partial charge in [0.15, 0.2) is 0 Å². The zero-order valence-corrected chi connectivity index (χ0v) is 14.9. The molecule has 0 unspecified atom stereocenters. The molecular weight excluding hydrogens is 292 g/mol. The third kappa shape index (κ3) is 3.59. The lowest BCUT2D eigenvalue weighted by Gasteiger charge is -2.40. The lowest BCUT2D eigenvalue weighted by Crippen LogP contribution is -2.51. The van der Waals surface area contributed by atoms with E-state index in [0.717, 1.165) is 32.1 Å². The van der Waals surface area contributed by atoms with Crippen molar-refractivity contribution in [1.29, 1.82) is 0 Å². The van der Waals surface area contributed by atoms with Gasteiger partial charge >= 0.3 is 0 Å². The molecule has 1 saturated carbocycles. The van der Waals surface area contributed by atoms with Crippen LogP contribution in [0.25, 0.3) is 0 Å². The summed E-state index contributed by atoms with van der Waals surface area (Å²) in [6, 6.07) is 0.418. The summed E-state index contributed by atoms with van der Waals surface area (Å²) in [6.45, 7) is 9.88. The van der Waals surface area contributed by atoms with Crippen molar-refractivity contribution in [2.75, 3.05) is 26.9 Å². The van der Waals surface area contributed by atoms with Gasteiger partial charge in [0.1, 0.15) is 12.2 Å². The van der Waals surface area contributed by atoms with Crippen LogP contribution in [0.4, 0.5) is 0 Å². The number of morpholine rings is 1. The molecule has 2 fully saturated rings. The Morgan fingerprint density at radius 3 is 2.91 bits per heavy atom. The SMILES string of the molecule is CO[C@@H]1CCC[C@H]1[C@@H]1COCCN1Cc1ncnn1C(C)(C)C. The maximum atomic E-state index is 5.79. The fourth-order valence-corrected chi connectivity index (χ4v) is 4.05. The molecule has 1 saturated heterocycles. The van der Waals surface area contributed by atoms with Crippen LogP contribution in [0.3, 0.4) is 0 Å². The Labute approximate surface area is 139 Å². The van der Waals surface area contributed by atoms with Crippen LogP contribution in [0.1, 0.15) is 45.9 Å². The summed E-state index contributed by atoms with van der Waals surface area (Å²) in [5, 5.41) is 4.43. The Balaban J connectivity index is 1.76. The number of nitrogens with zero attached hydrogens (tertiary/aromatic N) is 4. The normalized spacial score (nSPS) is 30.0. The molecule has 1 aromatic rings. The van der Waals surface area contributed by atoms with Crippen LogP contribution >= 0.6 is 0 Å². The highest BCUT2D eigenvalue weighted by Crippen LogP contribution is 2.34. The molecule has 6 heteroatoms. The highest BCUT2D eigenvalue weighted by atomic mass is 16.5. The standard InChI is InChI=1S/C17H30N4O2/c1-17(2,3)21-16(18-12-19-21)10-20-8-9-23-11-14(20)13-6-5-7-15(13)22-4/h12-15H,5-11H2,1-4H3/t13-,14-,15+/m0/s1. The number of hydrogen-bond donors (Lipinski definition) is 0. The summed E-state index contributed by atoms with van der Waals surface area (Å²) in [5.74, 6) is 1.60. The van der Waals surface area contributed by atoms with Gasteiger partial charge in [-0.2, -0.15) is 5.10 Å². The zero-order chi connectivity index (χ0) is 16.4. The van der Waals surface area contributed by atoms with E-state index >= 15 is 0 Å². The first-order chi connectivity index (χ1) is 11.0. The molecule has 3 rings (SSSR count). The number of methoxy groups -OCH3 is 1. The maximum absolute atomic E-state index is 5.79. The Morgan fingerprint density at radius 2 is 2.17 bits per heavy atom. The Hall–Kier alpha value is -0.980. The molecule has 2 aliphatic rings. The van der Waals surface area contributed by atoms with Crippen LogP contribution < -0.4 is 0 Å². The minimum absolute atomic E-state index is 0.0456. The van der Waals surface area contributed by atoms with Crippen molar-refractivity contribution in [3.05, 3.63) is 12.2 Å². The van der Waals surface area contributed by atoms with Gasteiger partial charge in [0, 0.05) is 25.6 Å². The van der Waals surface area contributed by atoms with Crippen molar-refractivity contribution in [3.8, 4) is 0 Å². The molecule has 0 radical (unpaired) electrons. The first-order valence-corrected chi connectivity index (χ1v) is 8.74. The molecule has 0 spiro atoms. The van der Waals surface area contributed by atoms with Crippen molar-refractivity contribution < 1.29 is 9.47 Å². The minimum Gasteiger partial charge on any atom is -0.381 e. The van der Waals surface area contributed by atoms with Gasteiger partial charge in [-0.25, -0.2) is 9.67 Å². The van der Waals surface area contributed by atoms with Crippen molar-refractivity contribution in [2.24, 2.45) is 5.92 Å². The first kappa shape index (κ1) is 16.9. The summed E-state index contributed by atoms with van der Waals surface area (Å²) in [5.41, 5.74) is -0.0456. The van der Waals surface area contributed by atoms with Crippen LogP contribution in [0.5, 0.6) is 0 Å². The maximum Gasteiger partial charge on any atom is 0.141 e. The number of aromatic nitrogens is 3. The Bertz CT molecular complexity index is 511. The average Bonchev–Trinajstić information content (AvgIpc) is 3.15. The Kier molecular flexibility index (Phi) is 5.04. The van der Waals surface area contributed by atoms with Crippen LogP contribution in [-0.2, 0) is 21.6 Å². The molecule has 2 heterocycles. The van der Waals surface area contributed by atoms with Crippen LogP contribution in [0.2, 0.25) is 0 Å². The molecule has 0 N–H and O–H groups in total. The molecule has 0 bridgehead atoms. The van der Waals surface area contributed by atoms with Crippen molar-refractivity contribution in [1.82, 2.24) is 19.7 Å². The van der Waals surface area contributed by atoms with Gasteiger partial charge in [-0.1, -0.05) is 6.42 Å². The van der Waals surface area contributed by atoms with E-state index in [0.29, 0.717) is 18.1 Å². The van der Waals surface area contributed by atoms with E-state index < -0.39 is 0 Å². The predicted octanol–water partition coefficient (Wildman–Crippen LogP) is 2.05. The van der Waals surface area contributed by atoms with Gasteiger partial charge < -0.3 is 9.47 Å². The van der Waals surface area contributed by atoms with Gasteiger partial charge in [0.25, 0.3) is 0 Å². The highest BCUT2D eigenvalue weighted by molar-refractivity contribution is 4.95. The molecule has 3 atom stereocenters. The van der Waals surface area contributed by atoms with Crippen LogP contribution in [0, 0.1) is 5.92 Å². The van der Waals surface area contributed by atoms with E-state index in [1.807, 2.05) is 11.8 Å². The van der Waals surface area contributed by atoms with Gasteiger partial charge in [0.2, 0.25) is 0 Å². The molecule has 0 aromatic carbocycles. The van der Waals surface area contributed by atoms with E-state index in [-0.39, 0.29) is 5.54 Å². The number of rotatable bonds is 4. The quantitative estimate of drug-likeness (QED) is 0.849. The molecule has 1 aliphatic carbocycles. The second-order valence-corrected chi connectivity index (χ2v) is 7.74. The van der Waals surface area contributed by atoms with Crippen molar-refractivity contribution in [3.63, 3.8) is 0 Å². The number of ether oxygens (including phenoxy) is 2. The van der Waals surface area contributed by atoms with Gasteiger partial charge in [-0.15, -0.1) is 0 Å². The molecule has 23 heavy (non-hydrogen) atoms. The number of hydrogen-bond acceptors (Lipinski definition) is 5. The third-order valence-corrected chi connectivity index (χ3v) is 5.18. The first-order valence-electron chi connectivity index (χ1n) is 8.74. The van der Waals surface area contributed by atoms with E-state index in [4.69, 9.17) is 9.47 Å². The fraction of sp³-hybridized carbons (Fsp3) is 0.882. The van der Waals surface area contributed by atoms with E-state index in [2.05, 4.69) is 35.8 Å². The molecule has 6 nitrogen and oxygen atoms in total. The summed E-state index contributed by atoms with van der Waals surface area (Å²) in [7, 11) is 1.84. The van der Waals surface area contributed by atoms with Gasteiger partial charge in [-0.05, 0) is 33.6 Å². The molecule has 1 aliphatic heterocycles. The molecule has 130 valence electrons.